The van der Waals surface area contributed by atoms with E-state index in [9.17, 15) is 13.2 Å². The zero-order chi connectivity index (χ0) is 15.2. The molecule has 1 aliphatic rings. The van der Waals surface area contributed by atoms with Crippen molar-refractivity contribution in [3.63, 3.8) is 0 Å². The quantitative estimate of drug-likeness (QED) is 0.902. The maximum atomic E-state index is 12.3. The van der Waals surface area contributed by atoms with Gasteiger partial charge in [-0.2, -0.15) is 13.2 Å². The summed E-state index contributed by atoms with van der Waals surface area (Å²) in [6, 6.07) is 8.00. The number of hydrogen-bond acceptors (Lipinski definition) is 2. The van der Waals surface area contributed by atoms with E-state index in [1.54, 1.807) is 0 Å². The average Bonchev–Trinajstić information content (AvgIpc) is 2.76. The van der Waals surface area contributed by atoms with E-state index < -0.39 is 12.7 Å². The van der Waals surface area contributed by atoms with Crippen molar-refractivity contribution in [3.05, 3.63) is 29.8 Å². The number of hydrogen-bond donors (Lipinski definition) is 1. The Balaban J connectivity index is 0.000000956. The molecule has 20 heavy (non-hydrogen) atoms. The van der Waals surface area contributed by atoms with Gasteiger partial charge in [-0.05, 0) is 31.0 Å². The number of likely N-dealkylation sites (tertiary alicyclic amines) is 1. The van der Waals surface area contributed by atoms with Crippen LogP contribution in [0, 0.1) is 6.92 Å². The van der Waals surface area contributed by atoms with E-state index in [2.05, 4.69) is 5.32 Å². The number of benzene rings is 1. The molecule has 1 aliphatic heterocycles. The van der Waals surface area contributed by atoms with Gasteiger partial charge in [-0.3, -0.25) is 4.90 Å². The largest absolute Gasteiger partial charge is 0.401 e. The molecule has 1 atom stereocenters. The van der Waals surface area contributed by atoms with Gasteiger partial charge in [0, 0.05) is 24.8 Å². The molecular formula is C15H23F3N2. The van der Waals surface area contributed by atoms with Crippen molar-refractivity contribution in [2.75, 3.05) is 25.0 Å². The first-order valence-electron chi connectivity index (χ1n) is 7.05. The number of nitrogens with one attached hydrogen (secondary N) is 1. The van der Waals surface area contributed by atoms with Crippen molar-refractivity contribution < 1.29 is 13.2 Å². The molecule has 0 saturated carbocycles. The van der Waals surface area contributed by atoms with Crippen molar-refractivity contribution in [1.29, 1.82) is 0 Å². The highest BCUT2D eigenvalue weighted by atomic mass is 19.4. The summed E-state index contributed by atoms with van der Waals surface area (Å²) in [5.74, 6) is 0. The lowest BCUT2D eigenvalue weighted by atomic mass is 10.2. The predicted molar refractivity (Wildman–Crippen MR) is 77.0 cm³/mol. The van der Waals surface area contributed by atoms with Crippen LogP contribution in [0.15, 0.2) is 24.3 Å². The normalized spacial score (nSPS) is 19.4. The van der Waals surface area contributed by atoms with Crippen LogP contribution >= 0.6 is 0 Å². The van der Waals surface area contributed by atoms with E-state index in [4.69, 9.17) is 0 Å². The fourth-order valence-corrected chi connectivity index (χ4v) is 2.32. The van der Waals surface area contributed by atoms with E-state index in [1.807, 2.05) is 45.0 Å². The van der Waals surface area contributed by atoms with Crippen molar-refractivity contribution in [2.45, 2.75) is 39.4 Å². The molecule has 2 nitrogen and oxygen atoms in total. The maximum absolute atomic E-state index is 12.3. The summed E-state index contributed by atoms with van der Waals surface area (Å²) in [4.78, 5) is 1.45. The minimum Gasteiger partial charge on any atom is -0.381 e. The monoisotopic (exact) mass is 288 g/mol. The second-order valence-corrected chi connectivity index (χ2v) is 4.85. The Morgan fingerprint density at radius 2 is 2.00 bits per heavy atom. The first-order valence-corrected chi connectivity index (χ1v) is 7.05. The topological polar surface area (TPSA) is 15.3 Å². The molecule has 0 spiro atoms. The van der Waals surface area contributed by atoms with Gasteiger partial charge in [-0.1, -0.05) is 26.0 Å². The summed E-state index contributed by atoms with van der Waals surface area (Å²) in [7, 11) is 0. The SMILES string of the molecule is CC.Cc1cccc(NC2CCN(CC(F)(F)F)C2)c1. The average molecular weight is 288 g/mol. The van der Waals surface area contributed by atoms with Crippen molar-refractivity contribution in [3.8, 4) is 0 Å². The molecule has 2 rings (SSSR count). The van der Waals surface area contributed by atoms with Gasteiger partial charge in [0.05, 0.1) is 6.54 Å². The molecule has 0 aromatic heterocycles. The number of anilines is 1. The first kappa shape index (κ1) is 16.8. The van der Waals surface area contributed by atoms with Crippen LogP contribution < -0.4 is 5.32 Å². The molecular weight excluding hydrogens is 265 g/mol. The third kappa shape index (κ3) is 5.82. The van der Waals surface area contributed by atoms with E-state index in [1.165, 1.54) is 4.90 Å². The molecule has 1 aromatic carbocycles. The zero-order valence-electron chi connectivity index (χ0n) is 12.3. The lowest BCUT2D eigenvalue weighted by molar-refractivity contribution is -0.143. The fraction of sp³-hybridized carbons (Fsp3) is 0.600. The van der Waals surface area contributed by atoms with Gasteiger partial charge in [0.2, 0.25) is 0 Å². The summed E-state index contributed by atoms with van der Waals surface area (Å²) in [6.07, 6.45) is -3.34. The molecule has 1 aromatic rings. The van der Waals surface area contributed by atoms with Crippen LogP contribution in [0.2, 0.25) is 0 Å². The molecule has 0 aliphatic carbocycles. The number of aryl methyl sites for hydroxylation is 1. The summed E-state index contributed by atoms with van der Waals surface area (Å²) in [5.41, 5.74) is 2.12. The Morgan fingerprint density at radius 3 is 2.60 bits per heavy atom. The number of rotatable bonds is 3. The minimum atomic E-state index is -4.10. The maximum Gasteiger partial charge on any atom is 0.401 e. The molecule has 1 heterocycles. The Hall–Kier alpha value is -1.23. The Kier molecular flexibility index (Phi) is 6.33. The van der Waals surface area contributed by atoms with Crippen LogP contribution in [0.4, 0.5) is 18.9 Å². The molecule has 1 fully saturated rings. The Labute approximate surface area is 119 Å². The van der Waals surface area contributed by atoms with E-state index >= 15 is 0 Å². The van der Waals surface area contributed by atoms with Gasteiger partial charge >= 0.3 is 6.18 Å². The lowest BCUT2D eigenvalue weighted by Gasteiger charge is -2.18. The second kappa shape index (κ2) is 7.53. The van der Waals surface area contributed by atoms with E-state index in [0.29, 0.717) is 13.1 Å². The lowest BCUT2D eigenvalue weighted by Crippen LogP contribution is -2.34. The highest BCUT2D eigenvalue weighted by Gasteiger charge is 2.34. The van der Waals surface area contributed by atoms with Gasteiger partial charge in [0.15, 0.2) is 0 Å². The van der Waals surface area contributed by atoms with Crippen LogP contribution in [-0.4, -0.2) is 36.8 Å². The van der Waals surface area contributed by atoms with Crippen molar-refractivity contribution in [1.82, 2.24) is 4.90 Å². The van der Waals surface area contributed by atoms with Gasteiger partial charge < -0.3 is 5.32 Å². The van der Waals surface area contributed by atoms with Gasteiger partial charge in [0.1, 0.15) is 0 Å². The predicted octanol–water partition coefficient (Wildman–Crippen LogP) is 4.07. The summed E-state index contributed by atoms with van der Waals surface area (Å²) >= 11 is 0. The number of alkyl halides is 3. The van der Waals surface area contributed by atoms with E-state index in [-0.39, 0.29) is 6.04 Å². The Bertz CT molecular complexity index is 404. The van der Waals surface area contributed by atoms with Crippen LogP contribution in [0.5, 0.6) is 0 Å². The van der Waals surface area contributed by atoms with Crippen LogP contribution in [-0.2, 0) is 0 Å². The van der Waals surface area contributed by atoms with Crippen molar-refractivity contribution in [2.24, 2.45) is 0 Å². The van der Waals surface area contributed by atoms with Crippen LogP contribution in [0.25, 0.3) is 0 Å². The first-order chi connectivity index (χ1) is 9.42. The molecule has 1 saturated heterocycles. The number of nitrogens with zero attached hydrogens (tertiary/aromatic N) is 1. The second-order valence-electron chi connectivity index (χ2n) is 4.85. The molecule has 0 bridgehead atoms. The summed E-state index contributed by atoms with van der Waals surface area (Å²) in [6.45, 7) is 6.14. The Morgan fingerprint density at radius 1 is 1.30 bits per heavy atom. The van der Waals surface area contributed by atoms with Crippen LogP contribution in [0.3, 0.4) is 0 Å². The van der Waals surface area contributed by atoms with Gasteiger partial charge in [0.25, 0.3) is 0 Å². The highest BCUT2D eigenvalue weighted by molar-refractivity contribution is 5.46. The summed E-state index contributed by atoms with van der Waals surface area (Å²) in [5, 5.41) is 3.29. The van der Waals surface area contributed by atoms with Crippen molar-refractivity contribution >= 4 is 5.69 Å². The van der Waals surface area contributed by atoms with Crippen LogP contribution in [0.1, 0.15) is 25.8 Å². The third-order valence-corrected chi connectivity index (χ3v) is 3.06. The fourth-order valence-electron chi connectivity index (χ4n) is 2.32. The third-order valence-electron chi connectivity index (χ3n) is 3.06. The number of halogens is 3. The molecule has 0 amide bonds. The van der Waals surface area contributed by atoms with E-state index in [0.717, 1.165) is 17.7 Å². The zero-order valence-corrected chi connectivity index (χ0v) is 12.3. The summed E-state index contributed by atoms with van der Waals surface area (Å²) < 4.78 is 36.8. The van der Waals surface area contributed by atoms with Gasteiger partial charge in [-0.25, -0.2) is 0 Å². The minimum absolute atomic E-state index is 0.106. The highest BCUT2D eigenvalue weighted by Crippen LogP contribution is 2.22. The molecule has 0 radical (unpaired) electrons. The van der Waals surface area contributed by atoms with Gasteiger partial charge in [-0.15, -0.1) is 0 Å². The molecule has 114 valence electrons. The molecule has 1 unspecified atom stereocenters. The molecule has 1 N–H and O–H groups in total. The standard InChI is InChI=1S/C13H17F3N2.C2H6/c1-10-3-2-4-11(7-10)17-12-5-6-18(8-12)9-13(14,15)16;1-2/h2-4,7,12,17H,5-6,8-9H2,1H3;1-2H3. The smallest absolute Gasteiger partial charge is 0.381 e. The molecule has 5 heteroatoms.